The summed E-state index contributed by atoms with van der Waals surface area (Å²) in [5.74, 6) is 6.16. The summed E-state index contributed by atoms with van der Waals surface area (Å²) < 4.78 is 0. The Bertz CT molecular complexity index is 544. The number of nitrogens with one attached hydrogen (secondary N) is 1. The standard InChI is InChI=1S/C15H11N/c16-12-15-9-5-4-8-14(15)11-10-13-6-2-1-3-7-13/h1-9,12,16H. The normalized spacial score (nSPS) is 9.00. The number of rotatable bonds is 1. The Morgan fingerprint density at radius 3 is 2.25 bits per heavy atom. The monoisotopic (exact) mass is 205 g/mol. The van der Waals surface area contributed by atoms with Crippen LogP contribution in [0.15, 0.2) is 54.6 Å². The summed E-state index contributed by atoms with van der Waals surface area (Å²) in [6, 6.07) is 17.5. The van der Waals surface area contributed by atoms with Gasteiger partial charge < -0.3 is 5.41 Å². The SMILES string of the molecule is N=Cc1ccccc1C#Cc1ccccc1. The van der Waals surface area contributed by atoms with Gasteiger partial charge in [0.25, 0.3) is 0 Å². The molecule has 76 valence electrons. The van der Waals surface area contributed by atoms with Gasteiger partial charge in [0.15, 0.2) is 0 Å². The van der Waals surface area contributed by atoms with Crippen LogP contribution in [-0.4, -0.2) is 6.21 Å². The van der Waals surface area contributed by atoms with Crippen molar-refractivity contribution < 1.29 is 0 Å². The zero-order valence-electron chi connectivity index (χ0n) is 8.77. The van der Waals surface area contributed by atoms with Gasteiger partial charge in [-0.05, 0) is 18.2 Å². The maximum Gasteiger partial charge on any atom is 0.0336 e. The molecule has 0 saturated heterocycles. The van der Waals surface area contributed by atoms with E-state index in [0.717, 1.165) is 16.7 Å². The first-order chi connectivity index (χ1) is 7.90. The van der Waals surface area contributed by atoms with E-state index < -0.39 is 0 Å². The van der Waals surface area contributed by atoms with E-state index in [-0.39, 0.29) is 0 Å². The molecule has 0 aliphatic heterocycles. The van der Waals surface area contributed by atoms with Crippen LogP contribution in [0.25, 0.3) is 0 Å². The minimum Gasteiger partial charge on any atom is -0.308 e. The van der Waals surface area contributed by atoms with Crippen LogP contribution in [0.2, 0.25) is 0 Å². The summed E-state index contributed by atoms with van der Waals surface area (Å²) in [4.78, 5) is 0. The van der Waals surface area contributed by atoms with Crippen molar-refractivity contribution in [3.8, 4) is 11.8 Å². The zero-order chi connectivity index (χ0) is 11.2. The van der Waals surface area contributed by atoms with Gasteiger partial charge in [-0.1, -0.05) is 48.2 Å². The molecular weight excluding hydrogens is 194 g/mol. The zero-order valence-corrected chi connectivity index (χ0v) is 8.77. The molecular formula is C15H11N. The Balaban J connectivity index is 2.34. The Kier molecular flexibility index (Phi) is 3.15. The van der Waals surface area contributed by atoms with Gasteiger partial charge >= 0.3 is 0 Å². The first-order valence-electron chi connectivity index (χ1n) is 5.07. The van der Waals surface area contributed by atoms with Crippen LogP contribution in [0.5, 0.6) is 0 Å². The van der Waals surface area contributed by atoms with Gasteiger partial charge in [0.1, 0.15) is 0 Å². The van der Waals surface area contributed by atoms with Crippen molar-refractivity contribution in [1.82, 2.24) is 0 Å². The van der Waals surface area contributed by atoms with Gasteiger partial charge in [-0.25, -0.2) is 0 Å². The van der Waals surface area contributed by atoms with E-state index in [9.17, 15) is 0 Å². The Morgan fingerprint density at radius 1 is 0.812 bits per heavy atom. The molecule has 0 radical (unpaired) electrons. The molecule has 0 heterocycles. The van der Waals surface area contributed by atoms with Gasteiger partial charge in [0.05, 0.1) is 0 Å². The Morgan fingerprint density at radius 2 is 1.50 bits per heavy atom. The molecule has 0 aliphatic rings. The van der Waals surface area contributed by atoms with Gasteiger partial charge in [-0.15, -0.1) is 0 Å². The second-order valence-electron chi connectivity index (χ2n) is 3.35. The fourth-order valence-corrected chi connectivity index (χ4v) is 1.40. The van der Waals surface area contributed by atoms with E-state index in [1.165, 1.54) is 6.21 Å². The number of benzene rings is 2. The van der Waals surface area contributed by atoms with Crippen LogP contribution < -0.4 is 0 Å². The molecule has 2 aromatic rings. The van der Waals surface area contributed by atoms with Crippen LogP contribution in [0, 0.1) is 17.3 Å². The second-order valence-corrected chi connectivity index (χ2v) is 3.35. The maximum atomic E-state index is 7.27. The molecule has 0 atom stereocenters. The van der Waals surface area contributed by atoms with E-state index in [1.54, 1.807) is 0 Å². The lowest BCUT2D eigenvalue weighted by Crippen LogP contribution is -1.85. The summed E-state index contributed by atoms with van der Waals surface area (Å²) >= 11 is 0. The largest absolute Gasteiger partial charge is 0.308 e. The highest BCUT2D eigenvalue weighted by molar-refractivity contribution is 5.81. The molecule has 0 unspecified atom stereocenters. The van der Waals surface area contributed by atoms with E-state index in [2.05, 4.69) is 11.8 Å². The third kappa shape index (κ3) is 2.37. The highest BCUT2D eigenvalue weighted by atomic mass is 14.3. The molecule has 0 saturated carbocycles. The molecule has 2 rings (SSSR count). The minimum absolute atomic E-state index is 0.853. The van der Waals surface area contributed by atoms with E-state index in [4.69, 9.17) is 5.41 Å². The number of hydrogen-bond acceptors (Lipinski definition) is 1. The second kappa shape index (κ2) is 4.95. The van der Waals surface area contributed by atoms with E-state index >= 15 is 0 Å². The third-order valence-electron chi connectivity index (χ3n) is 2.23. The number of hydrogen-bond donors (Lipinski definition) is 1. The van der Waals surface area contributed by atoms with Gasteiger partial charge in [0, 0.05) is 22.9 Å². The molecule has 0 bridgehead atoms. The van der Waals surface area contributed by atoms with Crippen LogP contribution in [-0.2, 0) is 0 Å². The van der Waals surface area contributed by atoms with Crippen molar-refractivity contribution in [2.75, 3.05) is 0 Å². The average molecular weight is 205 g/mol. The van der Waals surface area contributed by atoms with Crippen LogP contribution in [0.1, 0.15) is 16.7 Å². The van der Waals surface area contributed by atoms with Gasteiger partial charge in [-0.3, -0.25) is 0 Å². The highest BCUT2D eigenvalue weighted by Gasteiger charge is 1.93. The smallest absolute Gasteiger partial charge is 0.0336 e. The molecule has 2 aromatic carbocycles. The van der Waals surface area contributed by atoms with Crippen molar-refractivity contribution in [3.05, 3.63) is 71.3 Å². The topological polar surface area (TPSA) is 23.9 Å². The average Bonchev–Trinajstić information content (AvgIpc) is 2.38. The molecule has 1 N–H and O–H groups in total. The minimum atomic E-state index is 0.853. The summed E-state index contributed by atoms with van der Waals surface area (Å²) in [6.07, 6.45) is 1.33. The van der Waals surface area contributed by atoms with Crippen molar-refractivity contribution in [2.24, 2.45) is 0 Å². The molecule has 1 nitrogen and oxygen atoms in total. The Labute approximate surface area is 95.3 Å². The van der Waals surface area contributed by atoms with Crippen LogP contribution in [0.4, 0.5) is 0 Å². The van der Waals surface area contributed by atoms with Crippen molar-refractivity contribution in [1.29, 1.82) is 5.41 Å². The van der Waals surface area contributed by atoms with Gasteiger partial charge in [-0.2, -0.15) is 0 Å². The quantitative estimate of drug-likeness (QED) is 0.546. The lowest BCUT2D eigenvalue weighted by molar-refractivity contribution is 1.52. The van der Waals surface area contributed by atoms with Gasteiger partial charge in [0.2, 0.25) is 0 Å². The molecule has 0 fully saturated rings. The summed E-state index contributed by atoms with van der Waals surface area (Å²) in [5, 5.41) is 7.27. The Hall–Kier alpha value is -2.33. The molecule has 1 heteroatoms. The van der Waals surface area contributed by atoms with Crippen LogP contribution in [0.3, 0.4) is 0 Å². The fourth-order valence-electron chi connectivity index (χ4n) is 1.40. The summed E-state index contributed by atoms with van der Waals surface area (Å²) in [6.45, 7) is 0. The molecule has 16 heavy (non-hydrogen) atoms. The molecule has 0 amide bonds. The lowest BCUT2D eigenvalue weighted by Gasteiger charge is -1.95. The molecule has 0 aromatic heterocycles. The van der Waals surface area contributed by atoms with E-state index in [1.807, 2.05) is 54.6 Å². The highest BCUT2D eigenvalue weighted by Crippen LogP contribution is 2.04. The van der Waals surface area contributed by atoms with Crippen molar-refractivity contribution in [3.63, 3.8) is 0 Å². The maximum absolute atomic E-state index is 7.27. The predicted octanol–water partition coefficient (Wildman–Crippen LogP) is 3.08. The summed E-state index contributed by atoms with van der Waals surface area (Å²) in [7, 11) is 0. The van der Waals surface area contributed by atoms with Crippen LogP contribution >= 0.6 is 0 Å². The van der Waals surface area contributed by atoms with E-state index in [0.29, 0.717) is 0 Å². The third-order valence-corrected chi connectivity index (χ3v) is 2.23. The lowest BCUT2D eigenvalue weighted by atomic mass is 10.1. The molecule has 0 aliphatic carbocycles. The summed E-state index contributed by atoms with van der Waals surface area (Å²) in [5.41, 5.74) is 2.73. The first-order valence-corrected chi connectivity index (χ1v) is 5.07. The van der Waals surface area contributed by atoms with Crippen molar-refractivity contribution >= 4 is 6.21 Å². The predicted molar refractivity (Wildman–Crippen MR) is 66.7 cm³/mol. The first kappa shape index (κ1) is 10.2. The van der Waals surface area contributed by atoms with Crippen molar-refractivity contribution in [2.45, 2.75) is 0 Å². The fraction of sp³-hybridized carbons (Fsp3) is 0. The molecule has 0 spiro atoms.